The number of nitrogens with zero attached hydrogens (tertiary/aromatic N) is 2. The highest BCUT2D eigenvalue weighted by atomic mass is 32.2. The molecule has 1 atom stereocenters. The minimum Gasteiger partial charge on any atom is -0.310 e. The number of amides is 1. The average molecular weight is 412 g/mol. The van der Waals surface area contributed by atoms with E-state index in [9.17, 15) is 13.2 Å². The first-order valence-electron chi connectivity index (χ1n) is 9.96. The van der Waals surface area contributed by atoms with E-state index in [0.29, 0.717) is 36.5 Å². The fraction of sp³-hybridized carbons (Fsp3) is 0.364. The van der Waals surface area contributed by atoms with Gasteiger partial charge in [0.2, 0.25) is 15.9 Å². The fourth-order valence-electron chi connectivity index (χ4n) is 3.99. The van der Waals surface area contributed by atoms with Gasteiger partial charge in [0.1, 0.15) is 5.82 Å². The number of carbonyl (C=O) groups is 1. The van der Waals surface area contributed by atoms with Crippen molar-refractivity contribution in [3.63, 3.8) is 0 Å². The number of carbonyl (C=O) groups excluding carboxylic acids is 1. The van der Waals surface area contributed by atoms with Crippen LogP contribution in [0.15, 0.2) is 47.4 Å². The number of aromatic nitrogens is 1. The summed E-state index contributed by atoms with van der Waals surface area (Å²) in [5.74, 6) is -0.0511. The summed E-state index contributed by atoms with van der Waals surface area (Å²) in [5, 5.41) is 2.83. The summed E-state index contributed by atoms with van der Waals surface area (Å²) in [4.78, 5) is 17.4. The predicted octanol–water partition coefficient (Wildman–Crippen LogP) is 3.36. The van der Waals surface area contributed by atoms with Gasteiger partial charge in [0, 0.05) is 18.8 Å². The van der Waals surface area contributed by atoms with Gasteiger partial charge in [-0.25, -0.2) is 13.4 Å². The van der Waals surface area contributed by atoms with E-state index < -0.39 is 10.0 Å². The van der Waals surface area contributed by atoms with Gasteiger partial charge in [0.25, 0.3) is 0 Å². The summed E-state index contributed by atoms with van der Waals surface area (Å²) >= 11 is 0. The molecule has 1 aliphatic heterocycles. The minimum atomic E-state index is -3.57. The quantitative estimate of drug-likeness (QED) is 0.837. The first-order chi connectivity index (χ1) is 13.9. The molecule has 152 valence electrons. The van der Waals surface area contributed by atoms with E-state index in [4.69, 9.17) is 0 Å². The molecule has 0 spiro atoms. The molecule has 6 nitrogen and oxygen atoms in total. The predicted molar refractivity (Wildman–Crippen MR) is 114 cm³/mol. The Morgan fingerprint density at radius 3 is 2.79 bits per heavy atom. The van der Waals surface area contributed by atoms with Crippen molar-refractivity contribution >= 4 is 27.8 Å². The lowest BCUT2D eigenvalue weighted by Gasteiger charge is -2.32. The standard InChI is InChI=1S/C22H25N3O3S/c1-16-6-4-10-21(23-16)24-22(26)19-9-5-13-25(15-19)29(27,28)20-12-11-17-7-2-3-8-18(17)14-20/h2-4,6-8,10,14,19H,5,9,11-13,15H2,1H3,(H,23,24,26). The molecule has 1 aliphatic carbocycles. The van der Waals surface area contributed by atoms with E-state index in [0.717, 1.165) is 17.7 Å². The fourth-order valence-corrected chi connectivity index (χ4v) is 5.70. The normalized spacial score (nSPS) is 19.9. The highest BCUT2D eigenvalue weighted by molar-refractivity contribution is 7.93. The molecule has 0 radical (unpaired) electrons. The van der Waals surface area contributed by atoms with Gasteiger partial charge < -0.3 is 5.32 Å². The third-order valence-corrected chi connectivity index (χ3v) is 7.57. The van der Waals surface area contributed by atoms with E-state index in [1.54, 1.807) is 12.1 Å². The Morgan fingerprint density at radius 2 is 1.97 bits per heavy atom. The highest BCUT2D eigenvalue weighted by Gasteiger charge is 2.35. The Hall–Kier alpha value is -2.51. The number of anilines is 1. The van der Waals surface area contributed by atoms with Crippen LogP contribution in [0.3, 0.4) is 0 Å². The molecule has 1 unspecified atom stereocenters. The molecule has 1 saturated heterocycles. The van der Waals surface area contributed by atoms with Gasteiger partial charge in [-0.2, -0.15) is 4.31 Å². The van der Waals surface area contributed by atoms with E-state index >= 15 is 0 Å². The first kappa shape index (κ1) is 19.8. The van der Waals surface area contributed by atoms with Crippen molar-refractivity contribution < 1.29 is 13.2 Å². The van der Waals surface area contributed by atoms with E-state index in [1.165, 1.54) is 9.87 Å². The lowest BCUT2D eigenvalue weighted by atomic mass is 9.98. The number of hydrogen-bond donors (Lipinski definition) is 1. The van der Waals surface area contributed by atoms with Crippen molar-refractivity contribution in [2.24, 2.45) is 5.92 Å². The van der Waals surface area contributed by atoms with Crippen molar-refractivity contribution in [2.45, 2.75) is 32.6 Å². The Balaban J connectivity index is 1.49. The Kier molecular flexibility index (Phi) is 5.52. The number of hydrogen-bond acceptors (Lipinski definition) is 4. The Morgan fingerprint density at radius 1 is 1.14 bits per heavy atom. The summed E-state index contributed by atoms with van der Waals surface area (Å²) in [7, 11) is -3.57. The van der Waals surface area contributed by atoms with Crippen LogP contribution in [0.25, 0.3) is 6.08 Å². The molecule has 2 aliphatic rings. The molecule has 1 amide bonds. The lowest BCUT2D eigenvalue weighted by Crippen LogP contribution is -2.44. The third kappa shape index (κ3) is 4.26. The van der Waals surface area contributed by atoms with Crippen LogP contribution in [-0.4, -0.2) is 36.7 Å². The lowest BCUT2D eigenvalue weighted by molar-refractivity contribution is -0.120. The zero-order valence-corrected chi connectivity index (χ0v) is 17.3. The molecule has 4 rings (SSSR count). The van der Waals surface area contributed by atoms with Crippen LogP contribution in [0.2, 0.25) is 0 Å². The number of rotatable bonds is 4. The summed E-state index contributed by atoms with van der Waals surface area (Å²) < 4.78 is 27.9. The summed E-state index contributed by atoms with van der Waals surface area (Å²) in [6, 6.07) is 13.3. The van der Waals surface area contributed by atoms with Gasteiger partial charge >= 0.3 is 0 Å². The summed E-state index contributed by atoms with van der Waals surface area (Å²) in [6.45, 7) is 2.52. The van der Waals surface area contributed by atoms with E-state index in [-0.39, 0.29) is 18.4 Å². The molecule has 1 aromatic carbocycles. The highest BCUT2D eigenvalue weighted by Crippen LogP contribution is 2.31. The van der Waals surface area contributed by atoms with Crippen molar-refractivity contribution in [1.29, 1.82) is 0 Å². The van der Waals surface area contributed by atoms with Gasteiger partial charge in [-0.05, 0) is 61.9 Å². The van der Waals surface area contributed by atoms with Gasteiger partial charge in [0.05, 0.1) is 10.8 Å². The average Bonchev–Trinajstić information content (AvgIpc) is 2.73. The van der Waals surface area contributed by atoms with E-state index in [1.807, 2.05) is 43.3 Å². The van der Waals surface area contributed by atoms with Crippen LogP contribution in [-0.2, 0) is 21.2 Å². The Labute approximate surface area is 171 Å². The van der Waals surface area contributed by atoms with Crippen LogP contribution in [0.1, 0.15) is 36.1 Å². The number of nitrogens with one attached hydrogen (secondary N) is 1. The molecule has 29 heavy (non-hydrogen) atoms. The zero-order valence-electron chi connectivity index (χ0n) is 16.5. The third-order valence-electron chi connectivity index (χ3n) is 5.58. The second-order valence-electron chi connectivity index (χ2n) is 7.67. The number of aryl methyl sites for hydroxylation is 2. The number of pyridine rings is 1. The number of sulfonamides is 1. The molecular formula is C22H25N3O3S. The van der Waals surface area contributed by atoms with Crippen LogP contribution in [0, 0.1) is 12.8 Å². The molecular weight excluding hydrogens is 386 g/mol. The maximum atomic E-state index is 13.2. The minimum absolute atomic E-state index is 0.175. The second kappa shape index (κ2) is 8.08. The topological polar surface area (TPSA) is 79.4 Å². The first-order valence-corrected chi connectivity index (χ1v) is 11.4. The molecule has 0 bridgehead atoms. The number of piperidine rings is 1. The molecule has 1 N–H and O–H groups in total. The number of allylic oxidation sites excluding steroid dienone is 1. The van der Waals surface area contributed by atoms with Gasteiger partial charge in [-0.1, -0.05) is 30.3 Å². The molecule has 1 fully saturated rings. The maximum Gasteiger partial charge on any atom is 0.239 e. The van der Waals surface area contributed by atoms with Crippen LogP contribution in [0.5, 0.6) is 0 Å². The van der Waals surface area contributed by atoms with Crippen molar-refractivity contribution in [3.8, 4) is 0 Å². The van der Waals surface area contributed by atoms with Gasteiger partial charge in [-0.3, -0.25) is 4.79 Å². The second-order valence-corrected chi connectivity index (χ2v) is 9.66. The van der Waals surface area contributed by atoms with Crippen molar-refractivity contribution in [2.75, 3.05) is 18.4 Å². The molecule has 0 saturated carbocycles. The van der Waals surface area contributed by atoms with Crippen LogP contribution < -0.4 is 5.32 Å². The molecule has 2 heterocycles. The smallest absolute Gasteiger partial charge is 0.239 e. The zero-order chi connectivity index (χ0) is 20.4. The molecule has 7 heteroatoms. The maximum absolute atomic E-state index is 13.2. The van der Waals surface area contributed by atoms with Gasteiger partial charge in [-0.15, -0.1) is 0 Å². The molecule has 2 aromatic rings. The Bertz CT molecular complexity index is 1060. The molecule has 1 aromatic heterocycles. The number of benzene rings is 1. The largest absolute Gasteiger partial charge is 0.310 e. The number of fused-ring (bicyclic) bond motifs is 1. The summed E-state index contributed by atoms with van der Waals surface area (Å²) in [6.07, 6.45) is 4.35. The van der Waals surface area contributed by atoms with Crippen molar-refractivity contribution in [1.82, 2.24) is 9.29 Å². The van der Waals surface area contributed by atoms with Gasteiger partial charge in [0.15, 0.2) is 0 Å². The van der Waals surface area contributed by atoms with E-state index in [2.05, 4.69) is 10.3 Å². The van der Waals surface area contributed by atoms with Crippen LogP contribution in [0.4, 0.5) is 5.82 Å². The summed E-state index contributed by atoms with van der Waals surface area (Å²) in [5.41, 5.74) is 2.96. The monoisotopic (exact) mass is 411 g/mol. The van der Waals surface area contributed by atoms with Crippen LogP contribution >= 0.6 is 0 Å². The van der Waals surface area contributed by atoms with Crippen molar-refractivity contribution in [3.05, 3.63) is 64.2 Å². The SMILES string of the molecule is Cc1cccc(NC(=O)C2CCCN(S(=O)(=O)C3=Cc4ccccc4CC3)C2)n1.